The number of anilines is 3. The topological polar surface area (TPSA) is 16.4 Å². The highest BCUT2D eigenvalue weighted by atomic mass is 16.3. The van der Waals surface area contributed by atoms with Crippen molar-refractivity contribution in [3.8, 4) is 22.3 Å². The largest absolute Gasteiger partial charge is 0.455 e. The smallest absolute Gasteiger partial charge is 0.143 e. The second-order valence-corrected chi connectivity index (χ2v) is 14.0. The van der Waals surface area contributed by atoms with Crippen LogP contribution in [-0.4, -0.2) is 0 Å². The van der Waals surface area contributed by atoms with Gasteiger partial charge in [-0.1, -0.05) is 164 Å². The fourth-order valence-electron chi connectivity index (χ4n) is 8.65. The Bertz CT molecular complexity index is 3210. The minimum Gasteiger partial charge on any atom is -0.455 e. The molecule has 0 aliphatic heterocycles. The van der Waals surface area contributed by atoms with Gasteiger partial charge in [0.05, 0.1) is 11.4 Å². The second kappa shape index (κ2) is 12.2. The summed E-state index contributed by atoms with van der Waals surface area (Å²) in [4.78, 5) is 2.42. The fraction of sp³-hybridized carbons (Fsp3) is 0. The van der Waals surface area contributed by atoms with Crippen LogP contribution in [0.3, 0.4) is 0 Å². The number of rotatable bonds is 5. The first kappa shape index (κ1) is 30.5. The van der Waals surface area contributed by atoms with E-state index >= 15 is 0 Å². The highest BCUT2D eigenvalue weighted by Crippen LogP contribution is 2.47. The Morgan fingerprint density at radius 1 is 0.296 bits per heavy atom. The maximum atomic E-state index is 6.54. The molecule has 0 amide bonds. The quantitative estimate of drug-likeness (QED) is 0.168. The van der Waals surface area contributed by atoms with Crippen LogP contribution in [-0.2, 0) is 0 Å². The van der Waals surface area contributed by atoms with E-state index in [9.17, 15) is 0 Å². The molecule has 0 aliphatic carbocycles. The van der Waals surface area contributed by atoms with E-state index in [2.05, 4.69) is 199 Å². The minimum atomic E-state index is 0.906. The zero-order chi connectivity index (χ0) is 35.6. The Morgan fingerprint density at radius 2 is 0.778 bits per heavy atom. The van der Waals surface area contributed by atoms with Crippen LogP contribution in [0.25, 0.3) is 87.3 Å². The van der Waals surface area contributed by atoms with Gasteiger partial charge < -0.3 is 9.32 Å². The van der Waals surface area contributed by atoms with Gasteiger partial charge in [0.15, 0.2) is 0 Å². The summed E-state index contributed by atoms with van der Waals surface area (Å²) in [6.07, 6.45) is 0. The van der Waals surface area contributed by atoms with Gasteiger partial charge in [0.2, 0.25) is 0 Å². The van der Waals surface area contributed by atoms with Crippen molar-refractivity contribution in [2.45, 2.75) is 0 Å². The van der Waals surface area contributed by atoms with E-state index in [1.165, 1.54) is 54.6 Å². The van der Waals surface area contributed by atoms with Gasteiger partial charge in [-0.15, -0.1) is 0 Å². The molecule has 1 aromatic heterocycles. The van der Waals surface area contributed by atoms with Crippen LogP contribution in [0.4, 0.5) is 17.1 Å². The molecule has 0 saturated heterocycles. The average molecular weight is 688 g/mol. The summed E-state index contributed by atoms with van der Waals surface area (Å²) in [7, 11) is 0. The lowest BCUT2D eigenvalue weighted by atomic mass is 9.85. The summed E-state index contributed by atoms with van der Waals surface area (Å²) in [5, 5.41) is 11.9. The van der Waals surface area contributed by atoms with Crippen molar-refractivity contribution in [3.05, 3.63) is 200 Å². The Balaban J connectivity index is 1.16. The molecule has 11 rings (SSSR count). The number of hydrogen-bond donors (Lipinski definition) is 0. The van der Waals surface area contributed by atoms with E-state index in [1.807, 2.05) is 6.07 Å². The summed E-state index contributed by atoms with van der Waals surface area (Å²) in [6.45, 7) is 0. The normalized spacial score (nSPS) is 11.7. The summed E-state index contributed by atoms with van der Waals surface area (Å²) in [6, 6.07) is 72.3. The van der Waals surface area contributed by atoms with E-state index < -0.39 is 0 Å². The summed E-state index contributed by atoms with van der Waals surface area (Å²) < 4.78 is 6.54. The van der Waals surface area contributed by atoms with Crippen LogP contribution in [0.15, 0.2) is 205 Å². The third-order valence-corrected chi connectivity index (χ3v) is 11.0. The van der Waals surface area contributed by atoms with Crippen molar-refractivity contribution < 1.29 is 4.42 Å². The summed E-state index contributed by atoms with van der Waals surface area (Å²) in [5.74, 6) is 0. The molecule has 0 atom stereocenters. The Morgan fingerprint density at radius 3 is 1.50 bits per heavy atom. The molecule has 0 bridgehead atoms. The van der Waals surface area contributed by atoms with Gasteiger partial charge in [-0.05, 0) is 85.6 Å². The molecule has 0 saturated carbocycles. The third kappa shape index (κ3) is 4.67. The van der Waals surface area contributed by atoms with Crippen molar-refractivity contribution in [3.63, 3.8) is 0 Å². The lowest BCUT2D eigenvalue weighted by Crippen LogP contribution is -2.11. The average Bonchev–Trinajstić information content (AvgIpc) is 3.63. The van der Waals surface area contributed by atoms with E-state index in [0.29, 0.717) is 0 Å². The van der Waals surface area contributed by atoms with Gasteiger partial charge in [0, 0.05) is 32.6 Å². The van der Waals surface area contributed by atoms with Crippen LogP contribution < -0.4 is 4.90 Å². The van der Waals surface area contributed by atoms with Crippen LogP contribution >= 0.6 is 0 Å². The van der Waals surface area contributed by atoms with Crippen molar-refractivity contribution in [2.24, 2.45) is 0 Å². The zero-order valence-corrected chi connectivity index (χ0v) is 29.4. The molecule has 2 heteroatoms. The standard InChI is InChI=1S/C52H33NO/c1-2-15-35(16-3-1)50-43-22-8-6-19-39(43)40-20-7-9-23-44(40)51(50)36-28-30-37(31-29-36)53(47-25-12-17-34-14-4-5-18-38(34)47)48-26-13-24-45-41(48)32-33-46-42-21-10-11-27-49(42)54-52(45)46/h1-33H. The van der Waals surface area contributed by atoms with Gasteiger partial charge in [-0.3, -0.25) is 0 Å². The minimum absolute atomic E-state index is 0.906. The number of benzene rings is 10. The van der Waals surface area contributed by atoms with E-state index in [4.69, 9.17) is 4.42 Å². The van der Waals surface area contributed by atoms with Gasteiger partial charge in [0.25, 0.3) is 0 Å². The summed E-state index contributed by atoms with van der Waals surface area (Å²) in [5.41, 5.74) is 10.0. The maximum Gasteiger partial charge on any atom is 0.143 e. The van der Waals surface area contributed by atoms with E-state index in [0.717, 1.165) is 49.8 Å². The van der Waals surface area contributed by atoms with E-state index in [1.54, 1.807) is 0 Å². The predicted octanol–water partition coefficient (Wildman–Crippen LogP) is 15.0. The van der Waals surface area contributed by atoms with Crippen molar-refractivity contribution in [1.82, 2.24) is 0 Å². The molecule has 0 unspecified atom stereocenters. The lowest BCUT2D eigenvalue weighted by Gasteiger charge is -2.28. The Kier molecular flexibility index (Phi) is 6.90. The monoisotopic (exact) mass is 687 g/mol. The SMILES string of the molecule is c1ccc(-c2c(-c3ccc(N(c4cccc5ccccc45)c4cccc5c4ccc4c6ccccc6oc54)cc3)c3ccccc3c3ccccc23)cc1. The van der Waals surface area contributed by atoms with Crippen molar-refractivity contribution in [1.29, 1.82) is 0 Å². The molecular formula is C52H33NO. The zero-order valence-electron chi connectivity index (χ0n) is 29.4. The van der Waals surface area contributed by atoms with Crippen molar-refractivity contribution >= 4 is 82.1 Å². The fourth-order valence-corrected chi connectivity index (χ4v) is 8.65. The van der Waals surface area contributed by atoms with Gasteiger partial charge in [-0.2, -0.15) is 0 Å². The second-order valence-electron chi connectivity index (χ2n) is 14.0. The molecule has 2 nitrogen and oxygen atoms in total. The predicted molar refractivity (Wildman–Crippen MR) is 229 cm³/mol. The summed E-state index contributed by atoms with van der Waals surface area (Å²) >= 11 is 0. The van der Waals surface area contributed by atoms with Gasteiger partial charge in [-0.25, -0.2) is 0 Å². The molecule has 54 heavy (non-hydrogen) atoms. The third-order valence-electron chi connectivity index (χ3n) is 11.0. The highest BCUT2D eigenvalue weighted by Gasteiger charge is 2.22. The first-order valence-corrected chi connectivity index (χ1v) is 18.5. The van der Waals surface area contributed by atoms with Gasteiger partial charge >= 0.3 is 0 Å². The molecule has 11 aromatic rings. The number of fused-ring (bicyclic) bond motifs is 9. The van der Waals surface area contributed by atoms with Crippen LogP contribution in [0, 0.1) is 0 Å². The molecule has 1 heterocycles. The van der Waals surface area contributed by atoms with Crippen molar-refractivity contribution in [2.75, 3.05) is 4.90 Å². The molecule has 0 fully saturated rings. The first-order chi connectivity index (χ1) is 26.8. The van der Waals surface area contributed by atoms with E-state index in [-0.39, 0.29) is 0 Å². The molecule has 10 aromatic carbocycles. The molecular weight excluding hydrogens is 655 g/mol. The molecule has 0 spiro atoms. The number of nitrogens with zero attached hydrogens (tertiary/aromatic N) is 1. The molecule has 0 aliphatic rings. The number of furan rings is 1. The number of para-hydroxylation sites is 1. The van der Waals surface area contributed by atoms with Gasteiger partial charge in [0.1, 0.15) is 11.2 Å². The molecule has 0 N–H and O–H groups in total. The molecule has 252 valence electrons. The Hall–Kier alpha value is -7.16. The van der Waals surface area contributed by atoms with Crippen LogP contribution in [0.1, 0.15) is 0 Å². The van der Waals surface area contributed by atoms with Crippen LogP contribution in [0.5, 0.6) is 0 Å². The first-order valence-electron chi connectivity index (χ1n) is 18.5. The number of hydrogen-bond acceptors (Lipinski definition) is 2. The Labute approximate surface area is 312 Å². The maximum absolute atomic E-state index is 6.54. The van der Waals surface area contributed by atoms with Crippen LogP contribution in [0.2, 0.25) is 0 Å². The lowest BCUT2D eigenvalue weighted by molar-refractivity contribution is 0.672. The highest BCUT2D eigenvalue weighted by molar-refractivity contribution is 6.22. The molecule has 0 radical (unpaired) electrons.